The van der Waals surface area contributed by atoms with Crippen LogP contribution in [0.5, 0.6) is 0 Å². The standard InChI is InChI=1S/C19H14F3N3O2S2/c1-18(27,10-29-14-5-3-4-12(8-14)24-11-28)17(26)25-13-6-7-16(23-2)15(9-13)19(20,21)22/h3-9,27H,10H2,1H3,(H,25,26). The summed E-state index contributed by atoms with van der Waals surface area (Å²) in [5.41, 5.74) is -3.21. The number of hydrogen-bond acceptors (Lipinski definition) is 5. The number of halogens is 3. The Labute approximate surface area is 174 Å². The fourth-order valence-corrected chi connectivity index (χ4v) is 3.25. The van der Waals surface area contributed by atoms with Gasteiger partial charge in [-0.3, -0.25) is 4.79 Å². The number of isothiocyanates is 1. The maximum atomic E-state index is 13.1. The van der Waals surface area contributed by atoms with Gasteiger partial charge in [0.2, 0.25) is 0 Å². The van der Waals surface area contributed by atoms with Crippen molar-refractivity contribution in [2.24, 2.45) is 4.99 Å². The number of hydrogen-bond donors (Lipinski definition) is 2. The number of amides is 1. The molecule has 0 saturated heterocycles. The van der Waals surface area contributed by atoms with Crippen LogP contribution >= 0.6 is 24.0 Å². The zero-order chi connectivity index (χ0) is 21.7. The van der Waals surface area contributed by atoms with Gasteiger partial charge in [0.05, 0.1) is 23.0 Å². The summed E-state index contributed by atoms with van der Waals surface area (Å²) in [5.74, 6) is -0.933. The maximum Gasteiger partial charge on any atom is 0.407 e. The minimum absolute atomic E-state index is 0.0597. The second kappa shape index (κ2) is 9.20. The number of aliphatic hydroxyl groups is 1. The van der Waals surface area contributed by atoms with E-state index < -0.39 is 28.9 Å². The highest BCUT2D eigenvalue weighted by atomic mass is 32.2. The topological polar surface area (TPSA) is 66.0 Å². The molecule has 2 rings (SSSR count). The summed E-state index contributed by atoms with van der Waals surface area (Å²) < 4.78 is 39.2. The van der Waals surface area contributed by atoms with Crippen LogP contribution in [0.15, 0.2) is 52.4 Å². The molecule has 0 radical (unpaired) electrons. The van der Waals surface area contributed by atoms with Crippen molar-refractivity contribution in [1.82, 2.24) is 0 Å². The molecule has 2 aromatic rings. The fourth-order valence-electron chi connectivity index (χ4n) is 2.19. The summed E-state index contributed by atoms with van der Waals surface area (Å²) in [6, 6.07) is 9.69. The lowest BCUT2D eigenvalue weighted by atomic mass is 10.1. The Morgan fingerprint density at radius 1 is 1.34 bits per heavy atom. The number of carbonyl (C=O) groups is 1. The summed E-state index contributed by atoms with van der Waals surface area (Å²) in [4.78, 5) is 19.8. The van der Waals surface area contributed by atoms with E-state index in [2.05, 4.69) is 32.5 Å². The van der Waals surface area contributed by atoms with Crippen LogP contribution in [0.1, 0.15) is 12.5 Å². The first-order chi connectivity index (χ1) is 13.6. The third-order valence-corrected chi connectivity index (χ3v) is 5.07. The van der Waals surface area contributed by atoms with Crippen LogP contribution in [0.4, 0.5) is 30.2 Å². The number of anilines is 1. The Balaban J connectivity index is 2.12. The van der Waals surface area contributed by atoms with Crippen LogP contribution in [0, 0.1) is 6.57 Å². The normalized spacial score (nSPS) is 13.0. The van der Waals surface area contributed by atoms with Crippen molar-refractivity contribution in [2.75, 3.05) is 11.1 Å². The zero-order valence-electron chi connectivity index (χ0n) is 14.9. The van der Waals surface area contributed by atoms with Crippen LogP contribution in [0.3, 0.4) is 0 Å². The molecule has 2 N–H and O–H groups in total. The van der Waals surface area contributed by atoms with E-state index in [1.807, 2.05) is 0 Å². The summed E-state index contributed by atoms with van der Waals surface area (Å²) in [5, 5.41) is 15.0. The summed E-state index contributed by atoms with van der Waals surface area (Å²) in [6.07, 6.45) is -4.74. The lowest BCUT2D eigenvalue weighted by Gasteiger charge is -2.22. The molecule has 0 spiro atoms. The van der Waals surface area contributed by atoms with Gasteiger partial charge < -0.3 is 10.4 Å². The van der Waals surface area contributed by atoms with Crippen molar-refractivity contribution in [2.45, 2.75) is 23.6 Å². The van der Waals surface area contributed by atoms with Crippen molar-refractivity contribution in [3.8, 4) is 0 Å². The predicted molar refractivity (Wildman–Crippen MR) is 109 cm³/mol. The van der Waals surface area contributed by atoms with Crippen molar-refractivity contribution in [1.29, 1.82) is 0 Å². The summed E-state index contributed by atoms with van der Waals surface area (Å²) in [6.45, 7) is 8.09. The second-order valence-corrected chi connectivity index (χ2v) is 7.29. The van der Waals surface area contributed by atoms with E-state index in [0.717, 1.165) is 6.07 Å². The van der Waals surface area contributed by atoms with Gasteiger partial charge >= 0.3 is 6.18 Å². The van der Waals surface area contributed by atoms with Gasteiger partial charge in [0.15, 0.2) is 5.69 Å². The molecule has 0 fully saturated rings. The molecule has 1 unspecified atom stereocenters. The molecule has 1 atom stereocenters. The molecular formula is C19H14F3N3O2S2. The van der Waals surface area contributed by atoms with Crippen molar-refractivity contribution in [3.63, 3.8) is 0 Å². The van der Waals surface area contributed by atoms with Crippen LogP contribution in [-0.4, -0.2) is 27.5 Å². The fraction of sp³-hybridized carbons (Fsp3) is 0.211. The monoisotopic (exact) mass is 437 g/mol. The molecule has 10 heteroatoms. The minimum atomic E-state index is -4.74. The number of nitrogens with zero attached hydrogens (tertiary/aromatic N) is 2. The first kappa shape index (κ1) is 22.6. The summed E-state index contributed by atoms with van der Waals surface area (Å²) in [7, 11) is 0. The number of nitrogens with one attached hydrogen (secondary N) is 1. The van der Waals surface area contributed by atoms with E-state index in [-0.39, 0.29) is 11.4 Å². The molecule has 0 aliphatic carbocycles. The van der Waals surface area contributed by atoms with Crippen LogP contribution in [0.25, 0.3) is 4.85 Å². The lowest BCUT2D eigenvalue weighted by molar-refractivity contribution is -0.137. The van der Waals surface area contributed by atoms with Gasteiger partial charge in [0.1, 0.15) is 5.60 Å². The number of thiocarbonyl (C=S) groups is 1. The minimum Gasteiger partial charge on any atom is -0.379 e. The van der Waals surface area contributed by atoms with Crippen molar-refractivity contribution < 1.29 is 23.1 Å². The molecular weight excluding hydrogens is 423 g/mol. The zero-order valence-corrected chi connectivity index (χ0v) is 16.6. The first-order valence-corrected chi connectivity index (χ1v) is 9.39. The molecule has 0 saturated carbocycles. The number of rotatable bonds is 6. The maximum absolute atomic E-state index is 13.1. The van der Waals surface area contributed by atoms with Gasteiger partial charge in [-0.1, -0.05) is 12.1 Å². The van der Waals surface area contributed by atoms with Crippen molar-refractivity contribution >= 4 is 52.1 Å². The highest BCUT2D eigenvalue weighted by molar-refractivity contribution is 7.99. The van der Waals surface area contributed by atoms with E-state index in [1.54, 1.807) is 24.3 Å². The lowest BCUT2D eigenvalue weighted by Crippen LogP contribution is -2.42. The Kier molecular flexibility index (Phi) is 7.16. The summed E-state index contributed by atoms with van der Waals surface area (Å²) >= 11 is 5.71. The third kappa shape index (κ3) is 6.14. The van der Waals surface area contributed by atoms with Gasteiger partial charge in [-0.05, 0) is 49.5 Å². The molecule has 150 valence electrons. The number of alkyl halides is 3. The van der Waals surface area contributed by atoms with Crippen LogP contribution in [0.2, 0.25) is 0 Å². The molecule has 0 bridgehead atoms. The largest absolute Gasteiger partial charge is 0.407 e. The smallest absolute Gasteiger partial charge is 0.379 e. The van der Waals surface area contributed by atoms with E-state index in [4.69, 9.17) is 6.57 Å². The molecule has 0 aromatic heterocycles. The quantitative estimate of drug-likeness (QED) is 0.272. The second-order valence-electron chi connectivity index (χ2n) is 6.06. The predicted octanol–water partition coefficient (Wildman–Crippen LogP) is 5.47. The number of thioether (sulfide) groups is 1. The molecule has 5 nitrogen and oxygen atoms in total. The molecule has 0 aliphatic heterocycles. The molecule has 1 amide bonds. The number of carbonyl (C=O) groups excluding carboxylic acids is 1. The third-order valence-electron chi connectivity index (χ3n) is 3.68. The Bertz CT molecular complexity index is 1010. The highest BCUT2D eigenvalue weighted by Crippen LogP contribution is 2.38. The average Bonchev–Trinajstić information content (AvgIpc) is 2.66. The average molecular weight is 437 g/mol. The van der Waals surface area contributed by atoms with Gasteiger partial charge in [-0.25, -0.2) is 4.85 Å². The Morgan fingerprint density at radius 2 is 2.07 bits per heavy atom. The molecule has 0 heterocycles. The molecule has 29 heavy (non-hydrogen) atoms. The van der Waals surface area contributed by atoms with Crippen molar-refractivity contribution in [3.05, 3.63) is 59.4 Å². The van der Waals surface area contributed by atoms with Crippen LogP contribution < -0.4 is 5.32 Å². The van der Waals surface area contributed by atoms with Gasteiger partial charge in [-0.15, -0.1) is 11.8 Å². The van der Waals surface area contributed by atoms with E-state index >= 15 is 0 Å². The SMILES string of the molecule is [C-]#[N+]c1ccc(NC(=O)C(C)(O)CSc2cccc(N=C=S)c2)cc1C(F)(F)F. The van der Waals surface area contributed by atoms with Gasteiger partial charge in [0.25, 0.3) is 5.91 Å². The number of benzene rings is 2. The highest BCUT2D eigenvalue weighted by Gasteiger charge is 2.35. The van der Waals surface area contributed by atoms with E-state index in [0.29, 0.717) is 16.6 Å². The van der Waals surface area contributed by atoms with Gasteiger partial charge in [-0.2, -0.15) is 18.2 Å². The first-order valence-electron chi connectivity index (χ1n) is 8.00. The molecule has 2 aromatic carbocycles. The Hall–Kier alpha value is -2.70. The Morgan fingerprint density at radius 3 is 2.69 bits per heavy atom. The number of aliphatic imine (C=N–C) groups is 1. The van der Waals surface area contributed by atoms with Gasteiger partial charge in [0, 0.05) is 16.3 Å². The van der Waals surface area contributed by atoms with Crippen LogP contribution in [-0.2, 0) is 11.0 Å². The van der Waals surface area contributed by atoms with E-state index in [1.165, 1.54) is 24.8 Å². The molecule has 0 aliphatic rings. The van der Waals surface area contributed by atoms with E-state index in [9.17, 15) is 23.1 Å².